The molecule has 0 saturated heterocycles. The van der Waals surface area contributed by atoms with Gasteiger partial charge < -0.3 is 4.40 Å². The molecule has 2 nitrogen and oxygen atoms in total. The molecule has 2 heterocycles. The van der Waals surface area contributed by atoms with Crippen molar-refractivity contribution in [3.8, 4) is 0 Å². The molecule has 2 aromatic rings. The van der Waals surface area contributed by atoms with E-state index in [2.05, 4.69) is 37.9 Å². The van der Waals surface area contributed by atoms with Crippen LogP contribution in [-0.2, 0) is 5.41 Å². The van der Waals surface area contributed by atoms with Gasteiger partial charge in [-0.15, -0.1) is 0 Å². The van der Waals surface area contributed by atoms with Crippen molar-refractivity contribution in [3.05, 3.63) is 36.4 Å². The van der Waals surface area contributed by atoms with Crippen LogP contribution in [0.25, 0.3) is 5.52 Å². The number of hydrogen-bond donors (Lipinski definition) is 0. The first kappa shape index (κ1) is 10.2. The summed E-state index contributed by atoms with van der Waals surface area (Å²) in [6.07, 6.45) is 6.30. The molecule has 15 heavy (non-hydrogen) atoms. The summed E-state index contributed by atoms with van der Waals surface area (Å²) in [5.74, 6) is 0. The van der Waals surface area contributed by atoms with Crippen molar-refractivity contribution in [1.29, 1.82) is 0 Å². The van der Waals surface area contributed by atoms with Crippen molar-refractivity contribution in [2.45, 2.75) is 39.0 Å². The molecule has 2 heteroatoms. The molecule has 80 valence electrons. The van der Waals surface area contributed by atoms with Crippen LogP contribution in [0.4, 0.5) is 0 Å². The van der Waals surface area contributed by atoms with Crippen LogP contribution in [0.15, 0.2) is 30.7 Å². The molecule has 2 rings (SSSR count). The minimum atomic E-state index is 0.181. The van der Waals surface area contributed by atoms with Crippen molar-refractivity contribution in [2.24, 2.45) is 0 Å². The first-order valence-corrected chi connectivity index (χ1v) is 5.57. The fourth-order valence-corrected chi connectivity index (χ4v) is 2.06. The van der Waals surface area contributed by atoms with Crippen LogP contribution in [0.1, 0.15) is 39.3 Å². The van der Waals surface area contributed by atoms with Crippen LogP contribution < -0.4 is 0 Å². The minimum absolute atomic E-state index is 0.181. The molecule has 0 unspecified atom stereocenters. The van der Waals surface area contributed by atoms with Gasteiger partial charge in [0.25, 0.3) is 0 Å². The van der Waals surface area contributed by atoms with Crippen LogP contribution in [0, 0.1) is 0 Å². The Kier molecular flexibility index (Phi) is 2.51. The highest BCUT2D eigenvalue weighted by Gasteiger charge is 2.21. The smallest absolute Gasteiger partial charge is 0.0994 e. The summed E-state index contributed by atoms with van der Waals surface area (Å²) >= 11 is 0. The molecule has 0 spiro atoms. The van der Waals surface area contributed by atoms with Crippen LogP contribution in [0.3, 0.4) is 0 Å². The van der Waals surface area contributed by atoms with Gasteiger partial charge in [-0.1, -0.05) is 27.2 Å². The van der Waals surface area contributed by atoms with Gasteiger partial charge in [0.15, 0.2) is 0 Å². The Bertz CT molecular complexity index is 454. The molecule has 0 saturated carbocycles. The predicted octanol–water partition coefficient (Wildman–Crippen LogP) is 3.41. The maximum Gasteiger partial charge on any atom is 0.0994 e. The summed E-state index contributed by atoms with van der Waals surface area (Å²) in [6.45, 7) is 6.74. The second-order valence-corrected chi connectivity index (χ2v) is 4.75. The summed E-state index contributed by atoms with van der Waals surface area (Å²) in [7, 11) is 0. The fraction of sp³-hybridized carbons (Fsp3) is 0.462. The van der Waals surface area contributed by atoms with E-state index >= 15 is 0 Å². The fourth-order valence-electron chi connectivity index (χ4n) is 2.06. The van der Waals surface area contributed by atoms with Gasteiger partial charge in [0.05, 0.1) is 6.33 Å². The molecule has 0 aliphatic heterocycles. The first-order valence-electron chi connectivity index (χ1n) is 5.57. The average Bonchev–Trinajstić information content (AvgIpc) is 2.63. The van der Waals surface area contributed by atoms with Gasteiger partial charge >= 0.3 is 0 Å². The molecule has 0 N–H and O–H groups in total. The zero-order valence-corrected chi connectivity index (χ0v) is 9.70. The third kappa shape index (κ3) is 1.89. The Morgan fingerprint density at radius 1 is 1.40 bits per heavy atom. The Morgan fingerprint density at radius 2 is 2.20 bits per heavy atom. The van der Waals surface area contributed by atoms with Crippen molar-refractivity contribution in [2.75, 3.05) is 0 Å². The topological polar surface area (TPSA) is 17.3 Å². The van der Waals surface area contributed by atoms with Gasteiger partial charge in [-0.3, -0.25) is 0 Å². The van der Waals surface area contributed by atoms with Gasteiger partial charge in [-0.2, -0.15) is 0 Å². The summed E-state index contributed by atoms with van der Waals surface area (Å²) in [4.78, 5) is 4.53. The quantitative estimate of drug-likeness (QED) is 0.745. The molecule has 0 atom stereocenters. The molecule has 0 fully saturated rings. The zero-order chi connectivity index (χ0) is 10.9. The molecule has 0 amide bonds. The van der Waals surface area contributed by atoms with Crippen LogP contribution in [0.5, 0.6) is 0 Å². The van der Waals surface area contributed by atoms with Crippen molar-refractivity contribution in [1.82, 2.24) is 9.38 Å². The molecule has 0 aromatic carbocycles. The molecule has 0 aliphatic carbocycles. The van der Waals surface area contributed by atoms with Crippen LogP contribution >= 0.6 is 0 Å². The van der Waals surface area contributed by atoms with E-state index in [0.717, 1.165) is 0 Å². The number of rotatable bonds is 3. The van der Waals surface area contributed by atoms with Gasteiger partial charge in [-0.25, -0.2) is 4.98 Å². The number of nitrogens with zero attached hydrogens (tertiary/aromatic N) is 2. The summed E-state index contributed by atoms with van der Waals surface area (Å²) in [5, 5.41) is 0. The predicted molar refractivity (Wildman–Crippen MR) is 63.1 cm³/mol. The van der Waals surface area contributed by atoms with Gasteiger partial charge in [0.2, 0.25) is 0 Å². The minimum Gasteiger partial charge on any atom is -0.308 e. The molecule has 0 aliphatic rings. The molecule has 0 bridgehead atoms. The average molecular weight is 202 g/mol. The monoisotopic (exact) mass is 202 g/mol. The van der Waals surface area contributed by atoms with Crippen LogP contribution in [-0.4, -0.2) is 9.38 Å². The lowest BCUT2D eigenvalue weighted by molar-refractivity contribution is 0.459. The highest BCUT2D eigenvalue weighted by Crippen LogP contribution is 2.27. The molecule has 0 radical (unpaired) electrons. The molecular weight excluding hydrogens is 184 g/mol. The lowest BCUT2D eigenvalue weighted by Crippen LogP contribution is -2.18. The van der Waals surface area contributed by atoms with Crippen molar-refractivity contribution < 1.29 is 0 Å². The zero-order valence-electron chi connectivity index (χ0n) is 9.70. The number of hydrogen-bond acceptors (Lipinski definition) is 1. The summed E-state index contributed by atoms with van der Waals surface area (Å²) < 4.78 is 2.05. The Hall–Kier alpha value is -1.31. The Balaban J connectivity index is 2.42. The van der Waals surface area contributed by atoms with E-state index in [-0.39, 0.29) is 5.41 Å². The Morgan fingerprint density at radius 3 is 2.93 bits per heavy atom. The van der Waals surface area contributed by atoms with E-state index in [4.69, 9.17) is 0 Å². The van der Waals surface area contributed by atoms with Gasteiger partial charge in [0.1, 0.15) is 0 Å². The van der Waals surface area contributed by atoms with E-state index in [1.807, 2.05) is 23.0 Å². The van der Waals surface area contributed by atoms with Crippen LogP contribution in [0.2, 0.25) is 0 Å². The normalized spacial score (nSPS) is 12.2. The standard InChI is InChI=1S/C13H18N2/c1-4-7-13(2,3)12-9-11-6-5-8-15(11)10-14-12/h5-6,8-10H,4,7H2,1-3H3. The summed E-state index contributed by atoms with van der Waals surface area (Å²) in [6, 6.07) is 6.36. The summed E-state index contributed by atoms with van der Waals surface area (Å²) in [5.41, 5.74) is 2.60. The van der Waals surface area contributed by atoms with Crippen molar-refractivity contribution in [3.63, 3.8) is 0 Å². The lowest BCUT2D eigenvalue weighted by Gasteiger charge is -2.23. The maximum absolute atomic E-state index is 4.53. The van der Waals surface area contributed by atoms with Gasteiger partial charge in [-0.05, 0) is 24.6 Å². The SMILES string of the molecule is CCCC(C)(C)c1cc2cccn2cn1. The lowest BCUT2D eigenvalue weighted by atomic mass is 9.84. The Labute approximate surface area is 91.0 Å². The largest absolute Gasteiger partial charge is 0.308 e. The van der Waals surface area contributed by atoms with E-state index in [1.54, 1.807) is 0 Å². The molecular formula is C13H18N2. The third-order valence-electron chi connectivity index (χ3n) is 2.99. The third-order valence-corrected chi connectivity index (χ3v) is 2.99. The highest BCUT2D eigenvalue weighted by atomic mass is 14.9. The maximum atomic E-state index is 4.53. The number of aromatic nitrogens is 2. The first-order chi connectivity index (χ1) is 7.13. The van der Waals surface area contributed by atoms with E-state index < -0.39 is 0 Å². The second-order valence-electron chi connectivity index (χ2n) is 4.75. The van der Waals surface area contributed by atoms with E-state index in [1.165, 1.54) is 24.1 Å². The molecule has 2 aromatic heterocycles. The highest BCUT2D eigenvalue weighted by molar-refractivity contribution is 5.48. The van der Waals surface area contributed by atoms with Crippen molar-refractivity contribution >= 4 is 5.52 Å². The number of fused-ring (bicyclic) bond motifs is 1. The van der Waals surface area contributed by atoms with E-state index in [0.29, 0.717) is 0 Å². The second kappa shape index (κ2) is 3.69. The van der Waals surface area contributed by atoms with E-state index in [9.17, 15) is 0 Å². The van der Waals surface area contributed by atoms with Gasteiger partial charge in [0, 0.05) is 22.8 Å².